The molecule has 1 fully saturated rings. The lowest BCUT2D eigenvalue weighted by Crippen LogP contribution is -2.51. The Morgan fingerprint density at radius 2 is 2.15 bits per heavy atom. The summed E-state index contributed by atoms with van der Waals surface area (Å²) >= 11 is 0. The van der Waals surface area contributed by atoms with Crippen molar-refractivity contribution in [2.75, 3.05) is 18.0 Å². The molecule has 1 saturated heterocycles. The van der Waals surface area contributed by atoms with Gasteiger partial charge in [-0.25, -0.2) is 0 Å². The van der Waals surface area contributed by atoms with Gasteiger partial charge in [0, 0.05) is 36.4 Å². The maximum Gasteiger partial charge on any atom is 0.397 e. The number of amides is 1. The van der Waals surface area contributed by atoms with E-state index in [2.05, 4.69) is 16.4 Å². The van der Waals surface area contributed by atoms with Gasteiger partial charge in [-0.3, -0.25) is 9.78 Å². The van der Waals surface area contributed by atoms with Crippen molar-refractivity contribution < 1.29 is 18.0 Å². The molecule has 3 rings (SSSR count). The third kappa shape index (κ3) is 4.48. The van der Waals surface area contributed by atoms with E-state index in [1.54, 1.807) is 18.3 Å². The summed E-state index contributed by atoms with van der Waals surface area (Å²) in [5.41, 5.74) is 1.92. The molecule has 27 heavy (non-hydrogen) atoms. The number of piperidine rings is 1. The molecule has 1 amide bonds. The van der Waals surface area contributed by atoms with Crippen LogP contribution in [0.15, 0.2) is 30.5 Å². The smallest absolute Gasteiger partial charge is 0.369 e. The summed E-state index contributed by atoms with van der Waals surface area (Å²) in [5.74, 6) is -0.815. The minimum atomic E-state index is -4.51. The normalized spacial score (nSPS) is 20.3. The highest BCUT2D eigenvalue weighted by atomic mass is 19.4. The standard InChI is InChI=1S/C19H19F3N4O/c1-12-7-14(25-17(27)8-19(20,21)22)11-26(10-12)16-5-4-13(9-23)18-15(16)3-2-6-24-18/h2-6,12,14H,7-8,10-11H2,1H3,(H,25,27)/t12-,14+/m0/s1. The zero-order valence-corrected chi connectivity index (χ0v) is 14.8. The van der Waals surface area contributed by atoms with Crippen molar-refractivity contribution in [1.29, 1.82) is 5.26 Å². The van der Waals surface area contributed by atoms with Gasteiger partial charge in [0.2, 0.25) is 5.91 Å². The van der Waals surface area contributed by atoms with E-state index >= 15 is 0 Å². The maximum absolute atomic E-state index is 12.4. The van der Waals surface area contributed by atoms with Gasteiger partial charge in [0.1, 0.15) is 12.5 Å². The highest BCUT2D eigenvalue weighted by Gasteiger charge is 2.33. The van der Waals surface area contributed by atoms with E-state index in [0.717, 1.165) is 11.1 Å². The van der Waals surface area contributed by atoms with E-state index < -0.39 is 18.5 Å². The van der Waals surface area contributed by atoms with Crippen LogP contribution in [0.3, 0.4) is 0 Å². The molecule has 1 N–H and O–H groups in total. The van der Waals surface area contributed by atoms with Gasteiger partial charge in [0.05, 0.1) is 11.1 Å². The molecule has 0 radical (unpaired) electrons. The van der Waals surface area contributed by atoms with Crippen molar-refractivity contribution in [3.05, 3.63) is 36.0 Å². The molecule has 2 atom stereocenters. The number of carbonyl (C=O) groups is 1. The van der Waals surface area contributed by atoms with E-state index in [9.17, 15) is 23.2 Å². The lowest BCUT2D eigenvalue weighted by molar-refractivity contribution is -0.154. The number of aromatic nitrogens is 1. The first-order chi connectivity index (χ1) is 12.8. The lowest BCUT2D eigenvalue weighted by Gasteiger charge is -2.38. The van der Waals surface area contributed by atoms with Crippen molar-refractivity contribution in [2.24, 2.45) is 5.92 Å². The SMILES string of the molecule is C[C@H]1C[C@@H](NC(=O)CC(F)(F)F)CN(c2ccc(C#N)c3ncccc23)C1. The number of benzene rings is 1. The molecule has 0 spiro atoms. The number of carbonyl (C=O) groups excluding carboxylic acids is 1. The number of rotatable bonds is 3. The third-order valence-corrected chi connectivity index (χ3v) is 4.59. The molecule has 0 bridgehead atoms. The lowest BCUT2D eigenvalue weighted by atomic mass is 9.94. The Kier molecular flexibility index (Phi) is 5.22. The fourth-order valence-electron chi connectivity index (χ4n) is 3.64. The van der Waals surface area contributed by atoms with Crippen LogP contribution in [-0.4, -0.2) is 36.2 Å². The zero-order chi connectivity index (χ0) is 19.6. The van der Waals surface area contributed by atoms with Crippen molar-refractivity contribution >= 4 is 22.5 Å². The molecule has 2 heterocycles. The van der Waals surface area contributed by atoms with Crippen LogP contribution in [0.1, 0.15) is 25.3 Å². The number of hydrogen-bond donors (Lipinski definition) is 1. The van der Waals surface area contributed by atoms with E-state index in [1.807, 2.05) is 24.0 Å². The monoisotopic (exact) mass is 376 g/mol. The van der Waals surface area contributed by atoms with E-state index in [1.165, 1.54) is 0 Å². The highest BCUT2D eigenvalue weighted by Crippen LogP contribution is 2.31. The van der Waals surface area contributed by atoms with Crippen LogP contribution in [0.2, 0.25) is 0 Å². The van der Waals surface area contributed by atoms with Crippen LogP contribution in [0, 0.1) is 17.2 Å². The number of nitriles is 1. The summed E-state index contributed by atoms with van der Waals surface area (Å²) in [6.45, 7) is 3.12. The minimum absolute atomic E-state index is 0.192. The second kappa shape index (κ2) is 7.43. The van der Waals surface area contributed by atoms with Crippen LogP contribution >= 0.6 is 0 Å². The average Bonchev–Trinajstić information content (AvgIpc) is 2.58. The fourth-order valence-corrected chi connectivity index (χ4v) is 3.64. The molecular weight excluding hydrogens is 357 g/mol. The number of halogens is 3. The molecule has 1 aromatic heterocycles. The molecule has 0 saturated carbocycles. The molecule has 2 aromatic rings. The van der Waals surface area contributed by atoms with Gasteiger partial charge in [-0.05, 0) is 36.6 Å². The van der Waals surface area contributed by atoms with Crippen molar-refractivity contribution in [3.8, 4) is 6.07 Å². The Balaban J connectivity index is 1.84. The number of alkyl halides is 3. The van der Waals surface area contributed by atoms with Gasteiger partial charge < -0.3 is 10.2 Å². The molecule has 8 heteroatoms. The van der Waals surface area contributed by atoms with Crippen LogP contribution in [0.25, 0.3) is 10.9 Å². The molecule has 1 aliphatic heterocycles. The van der Waals surface area contributed by atoms with Crippen LogP contribution in [0.5, 0.6) is 0 Å². The molecule has 142 valence electrons. The fraction of sp³-hybridized carbons (Fsp3) is 0.421. The Bertz CT molecular complexity index is 891. The van der Waals surface area contributed by atoms with Gasteiger partial charge in [0.25, 0.3) is 0 Å². The van der Waals surface area contributed by atoms with Crippen molar-refractivity contribution in [2.45, 2.75) is 32.0 Å². The quantitative estimate of drug-likeness (QED) is 0.892. The topological polar surface area (TPSA) is 69.0 Å². The Labute approximate surface area is 154 Å². The number of hydrogen-bond acceptors (Lipinski definition) is 4. The zero-order valence-electron chi connectivity index (χ0n) is 14.8. The van der Waals surface area contributed by atoms with Crippen molar-refractivity contribution in [1.82, 2.24) is 10.3 Å². The largest absolute Gasteiger partial charge is 0.397 e. The molecule has 1 aromatic carbocycles. The Morgan fingerprint density at radius 1 is 1.37 bits per heavy atom. The molecule has 5 nitrogen and oxygen atoms in total. The minimum Gasteiger partial charge on any atom is -0.369 e. The first kappa shape index (κ1) is 19.0. The van der Waals surface area contributed by atoms with E-state index in [-0.39, 0.29) is 12.0 Å². The third-order valence-electron chi connectivity index (χ3n) is 4.59. The van der Waals surface area contributed by atoms with Gasteiger partial charge in [-0.2, -0.15) is 18.4 Å². The van der Waals surface area contributed by atoms with Crippen LogP contribution in [-0.2, 0) is 4.79 Å². The Hall–Kier alpha value is -2.82. The average molecular weight is 376 g/mol. The van der Waals surface area contributed by atoms with Crippen LogP contribution < -0.4 is 10.2 Å². The molecular formula is C19H19F3N4O. The van der Waals surface area contributed by atoms with Gasteiger partial charge in [-0.1, -0.05) is 6.92 Å². The Morgan fingerprint density at radius 3 is 2.85 bits per heavy atom. The number of fused-ring (bicyclic) bond motifs is 1. The summed E-state index contributed by atoms with van der Waals surface area (Å²) in [4.78, 5) is 18.0. The summed E-state index contributed by atoms with van der Waals surface area (Å²) < 4.78 is 37.3. The highest BCUT2D eigenvalue weighted by molar-refractivity contribution is 5.95. The predicted molar refractivity (Wildman–Crippen MR) is 95.1 cm³/mol. The number of anilines is 1. The van der Waals surface area contributed by atoms with Crippen LogP contribution in [0.4, 0.5) is 18.9 Å². The van der Waals surface area contributed by atoms with Crippen molar-refractivity contribution in [3.63, 3.8) is 0 Å². The predicted octanol–water partition coefficient (Wildman–Crippen LogP) is 3.39. The summed E-state index contributed by atoms with van der Waals surface area (Å²) in [5, 5.41) is 12.6. The first-order valence-corrected chi connectivity index (χ1v) is 8.65. The second-order valence-corrected chi connectivity index (χ2v) is 6.95. The first-order valence-electron chi connectivity index (χ1n) is 8.65. The van der Waals surface area contributed by atoms with Gasteiger partial charge in [0.15, 0.2) is 0 Å². The second-order valence-electron chi connectivity index (χ2n) is 6.95. The van der Waals surface area contributed by atoms with E-state index in [4.69, 9.17) is 0 Å². The number of nitrogens with zero attached hydrogens (tertiary/aromatic N) is 3. The van der Waals surface area contributed by atoms with E-state index in [0.29, 0.717) is 30.6 Å². The molecule has 0 unspecified atom stereocenters. The molecule has 0 aliphatic carbocycles. The maximum atomic E-state index is 12.4. The number of nitrogens with one attached hydrogen (secondary N) is 1. The summed E-state index contributed by atoms with van der Waals surface area (Å²) in [6.07, 6.45) is -3.75. The molecule has 1 aliphatic rings. The van der Waals surface area contributed by atoms with Gasteiger partial charge in [-0.15, -0.1) is 0 Å². The summed E-state index contributed by atoms with van der Waals surface area (Å²) in [6, 6.07) is 8.93. The number of pyridine rings is 1. The van der Waals surface area contributed by atoms with Gasteiger partial charge >= 0.3 is 6.18 Å². The summed E-state index contributed by atoms with van der Waals surface area (Å²) in [7, 11) is 0.